The molecule has 2 rings (SSSR count). The van der Waals surface area contributed by atoms with Crippen molar-refractivity contribution in [1.82, 2.24) is 0 Å². The Hall–Kier alpha value is -0.450. The topological polar surface area (TPSA) is 35.2 Å². The highest BCUT2D eigenvalue weighted by Gasteiger charge is 2.09. The Bertz CT molecular complexity index is 598. The molecule has 2 N–H and O–H groups in total. The molecule has 0 saturated carbocycles. The molecule has 0 spiro atoms. The van der Waals surface area contributed by atoms with Crippen LogP contribution in [-0.2, 0) is 13.2 Å². The predicted molar refractivity (Wildman–Crippen MR) is 82.8 cm³/mol. The fraction of sp³-hybridized carbons (Fsp3) is 0.231. The first-order valence-corrected chi connectivity index (χ1v) is 7.52. The van der Waals surface area contributed by atoms with Crippen molar-refractivity contribution in [1.29, 1.82) is 0 Å². The molecule has 0 fully saturated rings. The number of aryl methyl sites for hydroxylation is 1. The SMILES string of the molecule is Cc1sc(CN)cc1COc1cc(Cl)c(Cl)cc1Cl. The minimum Gasteiger partial charge on any atom is -0.487 e. The number of nitrogens with two attached hydrogens (primary N) is 1. The lowest BCUT2D eigenvalue weighted by Crippen LogP contribution is -1.97. The maximum atomic E-state index is 6.05. The van der Waals surface area contributed by atoms with Crippen molar-refractivity contribution < 1.29 is 4.74 Å². The van der Waals surface area contributed by atoms with E-state index in [1.165, 1.54) is 4.88 Å². The van der Waals surface area contributed by atoms with E-state index in [2.05, 4.69) is 0 Å². The van der Waals surface area contributed by atoms with Gasteiger partial charge in [-0.05, 0) is 19.1 Å². The Morgan fingerprint density at radius 2 is 1.79 bits per heavy atom. The number of hydrogen-bond acceptors (Lipinski definition) is 3. The standard InChI is InChI=1S/C13H12Cl3NOS/c1-7-8(2-9(5-17)19-7)6-18-13-4-11(15)10(14)3-12(13)16/h2-4H,5-6,17H2,1H3. The lowest BCUT2D eigenvalue weighted by Gasteiger charge is -2.09. The summed E-state index contributed by atoms with van der Waals surface area (Å²) in [5.74, 6) is 0.524. The number of hydrogen-bond donors (Lipinski definition) is 1. The van der Waals surface area contributed by atoms with Gasteiger partial charge in [0.15, 0.2) is 0 Å². The fourth-order valence-electron chi connectivity index (χ4n) is 1.60. The van der Waals surface area contributed by atoms with Gasteiger partial charge in [0, 0.05) is 27.9 Å². The maximum absolute atomic E-state index is 6.05. The molecule has 0 amide bonds. The highest BCUT2D eigenvalue weighted by atomic mass is 35.5. The first-order valence-electron chi connectivity index (χ1n) is 5.57. The van der Waals surface area contributed by atoms with E-state index in [4.69, 9.17) is 45.3 Å². The van der Waals surface area contributed by atoms with Crippen molar-refractivity contribution in [2.45, 2.75) is 20.1 Å². The monoisotopic (exact) mass is 335 g/mol. The van der Waals surface area contributed by atoms with Crippen molar-refractivity contribution in [3.63, 3.8) is 0 Å². The van der Waals surface area contributed by atoms with Gasteiger partial charge in [0.1, 0.15) is 12.4 Å². The van der Waals surface area contributed by atoms with Gasteiger partial charge in [-0.25, -0.2) is 0 Å². The number of ether oxygens (including phenoxy) is 1. The molecule has 1 aromatic carbocycles. The van der Waals surface area contributed by atoms with Crippen LogP contribution < -0.4 is 10.5 Å². The zero-order chi connectivity index (χ0) is 14.0. The second kappa shape index (κ2) is 6.33. The summed E-state index contributed by atoms with van der Waals surface area (Å²) in [6.45, 7) is 3.01. The molecule has 19 heavy (non-hydrogen) atoms. The van der Waals surface area contributed by atoms with Crippen LogP contribution in [0.5, 0.6) is 5.75 Å². The molecular formula is C13H12Cl3NOS. The van der Waals surface area contributed by atoms with E-state index in [9.17, 15) is 0 Å². The Labute approximate surface area is 131 Å². The molecule has 0 bridgehead atoms. The summed E-state index contributed by atoms with van der Waals surface area (Å²) >= 11 is 19.5. The second-order valence-corrected chi connectivity index (χ2v) is 6.55. The van der Waals surface area contributed by atoms with Crippen LogP contribution in [0, 0.1) is 6.92 Å². The molecule has 2 nitrogen and oxygen atoms in total. The smallest absolute Gasteiger partial charge is 0.139 e. The molecule has 0 saturated heterocycles. The number of thiophene rings is 1. The third-order valence-corrected chi connectivity index (χ3v) is 4.76. The quantitative estimate of drug-likeness (QED) is 0.792. The van der Waals surface area contributed by atoms with Crippen LogP contribution in [0.2, 0.25) is 15.1 Å². The zero-order valence-electron chi connectivity index (χ0n) is 10.2. The molecule has 0 radical (unpaired) electrons. The summed E-state index contributed by atoms with van der Waals surface area (Å²) < 4.78 is 5.69. The fourth-order valence-corrected chi connectivity index (χ4v) is 3.12. The van der Waals surface area contributed by atoms with Gasteiger partial charge in [-0.2, -0.15) is 0 Å². The Morgan fingerprint density at radius 3 is 2.42 bits per heavy atom. The van der Waals surface area contributed by atoms with Crippen LogP contribution in [0.15, 0.2) is 18.2 Å². The Balaban J connectivity index is 2.14. The van der Waals surface area contributed by atoms with Gasteiger partial charge in [0.05, 0.1) is 15.1 Å². The van der Waals surface area contributed by atoms with Crippen molar-refractivity contribution in [2.75, 3.05) is 0 Å². The average molecular weight is 337 g/mol. The summed E-state index contributed by atoms with van der Waals surface area (Å²) in [6.07, 6.45) is 0. The number of benzene rings is 1. The highest BCUT2D eigenvalue weighted by molar-refractivity contribution is 7.12. The first-order chi connectivity index (χ1) is 9.01. The van der Waals surface area contributed by atoms with E-state index < -0.39 is 0 Å². The third-order valence-electron chi connectivity index (χ3n) is 2.63. The van der Waals surface area contributed by atoms with E-state index in [1.54, 1.807) is 23.5 Å². The first kappa shape index (κ1) is 14.9. The number of rotatable bonds is 4. The van der Waals surface area contributed by atoms with E-state index in [-0.39, 0.29) is 0 Å². The lowest BCUT2D eigenvalue weighted by molar-refractivity contribution is 0.306. The van der Waals surface area contributed by atoms with Crippen molar-refractivity contribution in [3.05, 3.63) is 48.6 Å². The maximum Gasteiger partial charge on any atom is 0.139 e. The molecule has 1 aromatic heterocycles. The van der Waals surface area contributed by atoms with Crippen molar-refractivity contribution >= 4 is 46.1 Å². The summed E-state index contributed by atoms with van der Waals surface area (Å²) in [4.78, 5) is 2.33. The van der Waals surface area contributed by atoms with Crippen molar-refractivity contribution in [3.8, 4) is 5.75 Å². The molecule has 0 aliphatic carbocycles. The summed E-state index contributed by atoms with van der Waals surface area (Å²) in [7, 11) is 0. The van der Waals surface area contributed by atoms with Crippen LogP contribution in [-0.4, -0.2) is 0 Å². The van der Waals surface area contributed by atoms with Crippen LogP contribution in [0.4, 0.5) is 0 Å². The zero-order valence-corrected chi connectivity index (χ0v) is 13.3. The summed E-state index contributed by atoms with van der Waals surface area (Å²) in [6, 6.07) is 5.25. The summed E-state index contributed by atoms with van der Waals surface area (Å²) in [5.41, 5.74) is 6.72. The molecule has 0 unspecified atom stereocenters. The molecular weight excluding hydrogens is 325 g/mol. The largest absolute Gasteiger partial charge is 0.487 e. The summed E-state index contributed by atoms with van der Waals surface area (Å²) in [5, 5.41) is 1.28. The van der Waals surface area contributed by atoms with E-state index in [0.29, 0.717) is 34.0 Å². The van der Waals surface area contributed by atoms with Crippen LogP contribution in [0.3, 0.4) is 0 Å². The molecule has 0 aliphatic heterocycles. The number of halogens is 3. The van der Waals surface area contributed by atoms with Gasteiger partial charge < -0.3 is 10.5 Å². The van der Waals surface area contributed by atoms with Gasteiger partial charge in [-0.3, -0.25) is 0 Å². The van der Waals surface area contributed by atoms with Gasteiger partial charge in [-0.15, -0.1) is 11.3 Å². The van der Waals surface area contributed by atoms with Crippen LogP contribution in [0.1, 0.15) is 15.3 Å². The minimum absolute atomic E-state index is 0.413. The third kappa shape index (κ3) is 3.56. The average Bonchev–Trinajstić information content (AvgIpc) is 2.73. The van der Waals surface area contributed by atoms with E-state index in [1.807, 2.05) is 13.0 Å². The Kier molecular flexibility index (Phi) is 4.98. The predicted octanol–water partition coefficient (Wildman–Crippen LogP) is 5.05. The highest BCUT2D eigenvalue weighted by Crippen LogP contribution is 2.34. The van der Waals surface area contributed by atoms with E-state index >= 15 is 0 Å². The minimum atomic E-state index is 0.413. The van der Waals surface area contributed by atoms with Crippen LogP contribution >= 0.6 is 46.1 Å². The lowest BCUT2D eigenvalue weighted by atomic mass is 10.2. The van der Waals surface area contributed by atoms with Gasteiger partial charge >= 0.3 is 0 Å². The molecule has 0 aliphatic rings. The molecule has 102 valence electrons. The van der Waals surface area contributed by atoms with Crippen LogP contribution in [0.25, 0.3) is 0 Å². The molecule has 6 heteroatoms. The van der Waals surface area contributed by atoms with Gasteiger partial charge in [-0.1, -0.05) is 34.8 Å². The molecule has 1 heterocycles. The second-order valence-electron chi connectivity index (χ2n) is 3.98. The molecule has 2 aromatic rings. The van der Waals surface area contributed by atoms with Gasteiger partial charge in [0.2, 0.25) is 0 Å². The Morgan fingerprint density at radius 1 is 1.11 bits per heavy atom. The van der Waals surface area contributed by atoms with E-state index in [0.717, 1.165) is 10.4 Å². The molecule has 0 atom stereocenters. The van der Waals surface area contributed by atoms with Crippen molar-refractivity contribution in [2.24, 2.45) is 5.73 Å². The normalized spacial score (nSPS) is 10.8. The van der Waals surface area contributed by atoms with Gasteiger partial charge in [0.25, 0.3) is 0 Å².